The van der Waals surface area contributed by atoms with Crippen molar-refractivity contribution in [2.75, 3.05) is 7.05 Å². The highest BCUT2D eigenvalue weighted by Gasteiger charge is 2.29. The summed E-state index contributed by atoms with van der Waals surface area (Å²) in [6.45, 7) is 0. The minimum Gasteiger partial charge on any atom is -0.292 e. The molecule has 108 valence electrons. The normalized spacial score (nSPS) is 21.1. The van der Waals surface area contributed by atoms with Crippen LogP contribution in [0.2, 0.25) is 0 Å². The van der Waals surface area contributed by atoms with Crippen molar-refractivity contribution in [3.05, 3.63) is 29.6 Å². The average molecular weight is 270 g/mol. The number of nitrogens with zero attached hydrogens (tertiary/aromatic N) is 2. The fourth-order valence-electron chi connectivity index (χ4n) is 3.57. The summed E-state index contributed by atoms with van der Waals surface area (Å²) in [5, 5.41) is 0. The molecule has 0 bridgehead atoms. The maximum Gasteiger partial charge on any atom is 0.0494 e. The Morgan fingerprint density at radius 1 is 1.20 bits per heavy atom. The summed E-state index contributed by atoms with van der Waals surface area (Å²) < 4.78 is 0. The molecular weight excluding hydrogens is 244 g/mol. The average Bonchev–Trinajstić information content (AvgIpc) is 3.33. The highest BCUT2D eigenvalue weighted by molar-refractivity contribution is 6.04. The molecule has 1 heterocycles. The van der Waals surface area contributed by atoms with Crippen molar-refractivity contribution in [2.24, 2.45) is 16.8 Å². The van der Waals surface area contributed by atoms with E-state index in [1.165, 1.54) is 68.3 Å². The predicted octanol–water partition coefficient (Wildman–Crippen LogP) is 4.42. The number of aryl methyl sites for hydroxylation is 1. The lowest BCUT2D eigenvalue weighted by molar-refractivity contribution is 0.338. The van der Waals surface area contributed by atoms with Gasteiger partial charge in [0.2, 0.25) is 0 Å². The maximum atomic E-state index is 4.66. The monoisotopic (exact) mass is 270 g/mol. The summed E-state index contributed by atoms with van der Waals surface area (Å²) in [5.74, 6) is 1.64. The van der Waals surface area contributed by atoms with Crippen LogP contribution < -0.4 is 0 Å². The fraction of sp³-hybridized carbons (Fsp3) is 0.667. The van der Waals surface area contributed by atoms with E-state index in [9.17, 15) is 0 Å². The van der Waals surface area contributed by atoms with Crippen LogP contribution >= 0.6 is 0 Å². The minimum absolute atomic E-state index is 0.706. The first-order chi connectivity index (χ1) is 9.88. The van der Waals surface area contributed by atoms with Crippen molar-refractivity contribution in [1.82, 2.24) is 4.98 Å². The first-order valence-electron chi connectivity index (χ1n) is 8.29. The molecule has 0 spiro atoms. The lowest BCUT2D eigenvalue weighted by Gasteiger charge is -2.21. The van der Waals surface area contributed by atoms with Crippen LogP contribution in [0.25, 0.3) is 0 Å². The Morgan fingerprint density at radius 2 is 2.00 bits per heavy atom. The summed E-state index contributed by atoms with van der Waals surface area (Å²) in [7, 11) is 1.94. The van der Waals surface area contributed by atoms with E-state index in [0.717, 1.165) is 12.3 Å². The molecule has 0 unspecified atom stereocenters. The van der Waals surface area contributed by atoms with Crippen molar-refractivity contribution in [2.45, 2.75) is 57.8 Å². The van der Waals surface area contributed by atoms with Gasteiger partial charge < -0.3 is 0 Å². The van der Waals surface area contributed by atoms with Crippen LogP contribution in [0, 0.1) is 11.8 Å². The van der Waals surface area contributed by atoms with Crippen LogP contribution in [0.3, 0.4) is 0 Å². The van der Waals surface area contributed by atoms with E-state index < -0.39 is 0 Å². The molecule has 0 aliphatic heterocycles. The van der Waals surface area contributed by atoms with Gasteiger partial charge in [-0.3, -0.25) is 9.98 Å². The van der Waals surface area contributed by atoms with E-state index >= 15 is 0 Å². The van der Waals surface area contributed by atoms with Gasteiger partial charge in [0.15, 0.2) is 0 Å². The van der Waals surface area contributed by atoms with Crippen LogP contribution in [0.15, 0.2) is 23.3 Å². The Bertz CT molecular complexity index is 468. The molecule has 2 nitrogen and oxygen atoms in total. The fourth-order valence-corrected chi connectivity index (χ4v) is 3.57. The second-order valence-electron chi connectivity index (χ2n) is 6.42. The van der Waals surface area contributed by atoms with Gasteiger partial charge in [-0.15, -0.1) is 0 Å². The van der Waals surface area contributed by atoms with E-state index in [4.69, 9.17) is 0 Å². The van der Waals surface area contributed by atoms with Gasteiger partial charge in [-0.05, 0) is 43.7 Å². The summed E-state index contributed by atoms with van der Waals surface area (Å²) in [6, 6.07) is 4.29. The Hall–Kier alpha value is -1.18. The first kappa shape index (κ1) is 13.8. The summed E-state index contributed by atoms with van der Waals surface area (Å²) in [6.07, 6.45) is 14.2. The molecule has 0 atom stereocenters. The molecule has 0 saturated heterocycles. The van der Waals surface area contributed by atoms with Gasteiger partial charge in [-0.2, -0.15) is 0 Å². The van der Waals surface area contributed by atoms with E-state index in [0.29, 0.717) is 5.92 Å². The lowest BCUT2D eigenvalue weighted by atomic mass is 9.85. The number of aliphatic imine (C=N–C) groups is 1. The maximum absolute atomic E-state index is 4.66. The molecule has 0 N–H and O–H groups in total. The molecule has 3 rings (SSSR count). The quantitative estimate of drug-likeness (QED) is 0.727. The van der Waals surface area contributed by atoms with Crippen molar-refractivity contribution in [3.63, 3.8) is 0 Å². The molecule has 0 aromatic carbocycles. The molecule has 2 aliphatic rings. The topological polar surface area (TPSA) is 25.2 Å². The first-order valence-corrected chi connectivity index (χ1v) is 8.29. The molecule has 2 heteroatoms. The Labute approximate surface area is 122 Å². The van der Waals surface area contributed by atoms with Gasteiger partial charge >= 0.3 is 0 Å². The smallest absolute Gasteiger partial charge is 0.0494 e. The van der Waals surface area contributed by atoms with E-state index in [-0.39, 0.29) is 0 Å². The second-order valence-corrected chi connectivity index (χ2v) is 6.42. The van der Waals surface area contributed by atoms with Crippen molar-refractivity contribution < 1.29 is 0 Å². The summed E-state index contributed by atoms with van der Waals surface area (Å²) >= 11 is 0. The van der Waals surface area contributed by atoms with Gasteiger partial charge in [0, 0.05) is 36.1 Å². The third-order valence-electron chi connectivity index (χ3n) is 4.89. The van der Waals surface area contributed by atoms with Gasteiger partial charge in [0.05, 0.1) is 0 Å². The lowest BCUT2D eigenvalue weighted by Crippen LogP contribution is -2.12. The summed E-state index contributed by atoms with van der Waals surface area (Å²) in [5.41, 5.74) is 3.91. The van der Waals surface area contributed by atoms with Crippen LogP contribution in [0.4, 0.5) is 0 Å². The van der Waals surface area contributed by atoms with Crippen molar-refractivity contribution in [3.8, 4) is 0 Å². The SMILES string of the molecule is CN=C(c1cccnc1CCC1CCCCC1)C1CC1. The van der Waals surface area contributed by atoms with Crippen LogP contribution in [-0.2, 0) is 6.42 Å². The Balaban J connectivity index is 1.69. The molecule has 20 heavy (non-hydrogen) atoms. The highest BCUT2D eigenvalue weighted by Crippen LogP contribution is 2.34. The number of pyridine rings is 1. The number of rotatable bonds is 5. The van der Waals surface area contributed by atoms with Crippen LogP contribution in [0.1, 0.15) is 62.6 Å². The van der Waals surface area contributed by atoms with Gasteiger partial charge in [-0.25, -0.2) is 0 Å². The standard InChI is InChI=1S/C18H26N2/c1-19-18(15-10-11-15)16-8-5-13-20-17(16)12-9-14-6-3-2-4-7-14/h5,8,13-15H,2-4,6-7,9-12H2,1H3. The molecule has 2 fully saturated rings. The third-order valence-corrected chi connectivity index (χ3v) is 4.89. The zero-order valence-corrected chi connectivity index (χ0v) is 12.6. The van der Waals surface area contributed by atoms with Crippen molar-refractivity contribution >= 4 is 5.71 Å². The molecule has 1 aromatic rings. The predicted molar refractivity (Wildman–Crippen MR) is 84.3 cm³/mol. The second kappa shape index (κ2) is 6.51. The van der Waals surface area contributed by atoms with Crippen LogP contribution in [-0.4, -0.2) is 17.7 Å². The third kappa shape index (κ3) is 3.28. The van der Waals surface area contributed by atoms with Gasteiger partial charge in [0.25, 0.3) is 0 Å². The zero-order valence-electron chi connectivity index (χ0n) is 12.6. The number of hydrogen-bond donors (Lipinski definition) is 0. The zero-order chi connectivity index (χ0) is 13.8. The van der Waals surface area contributed by atoms with E-state index in [1.54, 1.807) is 0 Å². The van der Waals surface area contributed by atoms with Gasteiger partial charge in [-0.1, -0.05) is 32.1 Å². The molecule has 2 saturated carbocycles. The van der Waals surface area contributed by atoms with Gasteiger partial charge in [0.1, 0.15) is 0 Å². The largest absolute Gasteiger partial charge is 0.292 e. The minimum atomic E-state index is 0.706. The Morgan fingerprint density at radius 3 is 2.70 bits per heavy atom. The molecule has 0 radical (unpaired) electrons. The molecular formula is C18H26N2. The summed E-state index contributed by atoms with van der Waals surface area (Å²) in [4.78, 5) is 9.21. The highest BCUT2D eigenvalue weighted by atomic mass is 14.7. The van der Waals surface area contributed by atoms with E-state index in [2.05, 4.69) is 22.1 Å². The van der Waals surface area contributed by atoms with Crippen molar-refractivity contribution in [1.29, 1.82) is 0 Å². The number of aromatic nitrogens is 1. The Kier molecular flexibility index (Phi) is 4.49. The van der Waals surface area contributed by atoms with E-state index in [1.807, 2.05) is 13.2 Å². The molecule has 2 aliphatic carbocycles. The molecule has 1 aromatic heterocycles. The number of hydrogen-bond acceptors (Lipinski definition) is 2. The van der Waals surface area contributed by atoms with Crippen LogP contribution in [0.5, 0.6) is 0 Å². The molecule has 0 amide bonds.